The Labute approximate surface area is 183 Å². The van der Waals surface area contributed by atoms with Gasteiger partial charge in [0.05, 0.1) is 12.7 Å². The van der Waals surface area contributed by atoms with Crippen LogP contribution >= 0.6 is 31.9 Å². The van der Waals surface area contributed by atoms with Crippen molar-refractivity contribution in [3.05, 3.63) is 23.8 Å². The molecule has 0 radical (unpaired) electrons. The van der Waals surface area contributed by atoms with Crippen molar-refractivity contribution in [1.29, 1.82) is 0 Å². The van der Waals surface area contributed by atoms with Crippen LogP contribution in [0.3, 0.4) is 0 Å². The Morgan fingerprint density at radius 1 is 0.786 bits per heavy atom. The number of halogens is 2. The van der Waals surface area contributed by atoms with Gasteiger partial charge >= 0.3 is 5.97 Å². The SMILES string of the molecule is COC(=O)c1cc(NC(=O)CCCCCBr)cc(NC(=O)CCCCCBr)c1. The van der Waals surface area contributed by atoms with Crippen molar-refractivity contribution in [1.82, 2.24) is 0 Å². The molecule has 8 heteroatoms. The molecule has 28 heavy (non-hydrogen) atoms. The normalized spacial score (nSPS) is 10.4. The van der Waals surface area contributed by atoms with Gasteiger partial charge in [-0.25, -0.2) is 4.79 Å². The Morgan fingerprint density at radius 3 is 1.64 bits per heavy atom. The standard InChI is InChI=1S/C20H28Br2N2O4/c1-28-20(27)15-12-16(23-18(25)8-4-2-6-10-21)14-17(13-15)24-19(26)9-5-3-7-11-22/h12-14H,2-11H2,1H3,(H,23,25)(H,24,26). The molecule has 2 amide bonds. The second-order valence-electron chi connectivity index (χ2n) is 6.39. The number of unbranched alkanes of at least 4 members (excludes halogenated alkanes) is 4. The second kappa shape index (κ2) is 14.6. The van der Waals surface area contributed by atoms with Crippen LogP contribution in [-0.4, -0.2) is 35.6 Å². The number of amides is 2. The molecule has 156 valence electrons. The van der Waals surface area contributed by atoms with E-state index in [1.807, 2.05) is 0 Å². The molecule has 0 heterocycles. The molecule has 0 aliphatic carbocycles. The number of rotatable bonds is 13. The summed E-state index contributed by atoms with van der Waals surface area (Å²) in [5.41, 5.74) is 1.19. The van der Waals surface area contributed by atoms with Gasteiger partial charge in [0.25, 0.3) is 0 Å². The molecule has 0 unspecified atom stereocenters. The number of esters is 1. The zero-order valence-corrected chi connectivity index (χ0v) is 19.4. The predicted octanol–water partition coefficient (Wildman–Crippen LogP) is 5.26. The van der Waals surface area contributed by atoms with E-state index in [4.69, 9.17) is 4.74 Å². The van der Waals surface area contributed by atoms with Gasteiger partial charge in [-0.3, -0.25) is 9.59 Å². The average Bonchev–Trinajstić information content (AvgIpc) is 2.67. The highest BCUT2D eigenvalue weighted by molar-refractivity contribution is 9.09. The van der Waals surface area contributed by atoms with E-state index in [0.29, 0.717) is 24.2 Å². The third kappa shape index (κ3) is 10.2. The van der Waals surface area contributed by atoms with Gasteiger partial charge in [-0.1, -0.05) is 44.7 Å². The molecule has 0 aromatic heterocycles. The zero-order chi connectivity index (χ0) is 20.8. The molecule has 1 rings (SSSR count). The average molecular weight is 520 g/mol. The van der Waals surface area contributed by atoms with Crippen molar-refractivity contribution in [3.63, 3.8) is 0 Å². The van der Waals surface area contributed by atoms with Crippen LogP contribution in [0.15, 0.2) is 18.2 Å². The fraction of sp³-hybridized carbons (Fsp3) is 0.550. The Bertz CT molecular complexity index is 609. The Kier molecular flexibility index (Phi) is 12.8. The third-order valence-electron chi connectivity index (χ3n) is 4.00. The first-order valence-corrected chi connectivity index (χ1v) is 11.7. The lowest BCUT2D eigenvalue weighted by Crippen LogP contribution is -2.15. The van der Waals surface area contributed by atoms with Gasteiger partial charge in [-0.05, 0) is 43.9 Å². The van der Waals surface area contributed by atoms with E-state index in [-0.39, 0.29) is 17.4 Å². The van der Waals surface area contributed by atoms with Crippen molar-refractivity contribution in [3.8, 4) is 0 Å². The largest absolute Gasteiger partial charge is 0.465 e. The molecule has 0 bridgehead atoms. The summed E-state index contributed by atoms with van der Waals surface area (Å²) in [6.45, 7) is 0. The highest BCUT2D eigenvalue weighted by Gasteiger charge is 2.12. The molecular formula is C20H28Br2N2O4. The summed E-state index contributed by atoms with van der Waals surface area (Å²) in [7, 11) is 1.29. The number of carbonyl (C=O) groups is 3. The van der Waals surface area contributed by atoms with Gasteiger partial charge in [-0.15, -0.1) is 0 Å². The smallest absolute Gasteiger partial charge is 0.337 e. The summed E-state index contributed by atoms with van der Waals surface area (Å²) < 4.78 is 4.77. The van der Waals surface area contributed by atoms with Crippen LogP contribution < -0.4 is 10.6 Å². The summed E-state index contributed by atoms with van der Waals surface area (Å²) in [6.07, 6.45) is 6.40. The Balaban J connectivity index is 2.75. The maximum atomic E-state index is 12.1. The predicted molar refractivity (Wildman–Crippen MR) is 120 cm³/mol. The number of alkyl halides is 2. The number of carbonyl (C=O) groups excluding carboxylic acids is 3. The minimum Gasteiger partial charge on any atom is -0.465 e. The van der Waals surface area contributed by atoms with Crippen molar-refractivity contribution in [2.45, 2.75) is 51.4 Å². The molecule has 0 fully saturated rings. The number of nitrogens with one attached hydrogen (secondary N) is 2. The first kappa shape index (κ1) is 24.6. The van der Waals surface area contributed by atoms with Crippen molar-refractivity contribution < 1.29 is 19.1 Å². The Hall–Kier alpha value is -1.41. The molecule has 6 nitrogen and oxygen atoms in total. The number of hydrogen-bond acceptors (Lipinski definition) is 4. The minimum absolute atomic E-state index is 0.122. The molecule has 0 saturated carbocycles. The Morgan fingerprint density at radius 2 is 1.25 bits per heavy atom. The van der Waals surface area contributed by atoms with Gasteiger partial charge in [0.2, 0.25) is 11.8 Å². The van der Waals surface area contributed by atoms with Crippen LogP contribution in [0.2, 0.25) is 0 Å². The lowest BCUT2D eigenvalue weighted by atomic mass is 10.1. The third-order valence-corrected chi connectivity index (χ3v) is 5.12. The number of anilines is 2. The summed E-state index contributed by atoms with van der Waals surface area (Å²) >= 11 is 6.74. The van der Waals surface area contributed by atoms with Gasteiger partial charge < -0.3 is 15.4 Å². The minimum atomic E-state index is -0.527. The molecule has 0 aliphatic heterocycles. The van der Waals surface area contributed by atoms with Crippen LogP contribution in [0.1, 0.15) is 61.7 Å². The van der Waals surface area contributed by atoms with Crippen LogP contribution in [-0.2, 0) is 14.3 Å². The van der Waals surface area contributed by atoms with E-state index >= 15 is 0 Å². The number of benzene rings is 1. The highest BCUT2D eigenvalue weighted by atomic mass is 79.9. The fourth-order valence-corrected chi connectivity index (χ4v) is 3.36. The van der Waals surface area contributed by atoms with Gasteiger partial charge in [0.1, 0.15) is 0 Å². The molecule has 2 N–H and O–H groups in total. The van der Waals surface area contributed by atoms with E-state index in [1.54, 1.807) is 18.2 Å². The molecular weight excluding hydrogens is 492 g/mol. The molecule has 1 aromatic rings. The first-order valence-electron chi connectivity index (χ1n) is 9.45. The topological polar surface area (TPSA) is 84.5 Å². The fourth-order valence-electron chi connectivity index (χ4n) is 2.57. The second-order valence-corrected chi connectivity index (χ2v) is 7.97. The van der Waals surface area contributed by atoms with Crippen molar-refractivity contribution >= 4 is 61.0 Å². The van der Waals surface area contributed by atoms with E-state index in [0.717, 1.165) is 49.2 Å². The summed E-state index contributed by atoms with van der Waals surface area (Å²) in [4.78, 5) is 36.2. The number of ether oxygens (including phenoxy) is 1. The van der Waals surface area contributed by atoms with Gasteiger partial charge in [-0.2, -0.15) is 0 Å². The van der Waals surface area contributed by atoms with Crippen molar-refractivity contribution in [2.24, 2.45) is 0 Å². The summed E-state index contributed by atoms with van der Waals surface area (Å²) in [5.74, 6) is -0.770. The molecule has 0 aliphatic rings. The first-order chi connectivity index (χ1) is 13.5. The monoisotopic (exact) mass is 518 g/mol. The van der Waals surface area contributed by atoms with E-state index < -0.39 is 5.97 Å². The van der Waals surface area contributed by atoms with Crippen LogP contribution in [0, 0.1) is 0 Å². The van der Waals surface area contributed by atoms with Crippen LogP contribution in [0.25, 0.3) is 0 Å². The molecule has 0 saturated heterocycles. The molecule has 0 atom stereocenters. The lowest BCUT2D eigenvalue weighted by Gasteiger charge is -2.11. The van der Waals surface area contributed by atoms with E-state index in [2.05, 4.69) is 42.5 Å². The maximum absolute atomic E-state index is 12.1. The summed E-state index contributed by atoms with van der Waals surface area (Å²) in [5, 5.41) is 7.44. The van der Waals surface area contributed by atoms with Crippen molar-refractivity contribution in [2.75, 3.05) is 28.4 Å². The summed E-state index contributed by atoms with van der Waals surface area (Å²) in [6, 6.07) is 4.75. The number of methoxy groups -OCH3 is 1. The lowest BCUT2D eigenvalue weighted by molar-refractivity contribution is -0.117. The maximum Gasteiger partial charge on any atom is 0.337 e. The van der Waals surface area contributed by atoms with Gasteiger partial charge in [0.15, 0.2) is 0 Å². The number of hydrogen-bond donors (Lipinski definition) is 2. The quantitative estimate of drug-likeness (QED) is 0.211. The zero-order valence-electron chi connectivity index (χ0n) is 16.2. The molecule has 0 spiro atoms. The van der Waals surface area contributed by atoms with Crippen LogP contribution in [0.5, 0.6) is 0 Å². The van der Waals surface area contributed by atoms with E-state index in [9.17, 15) is 14.4 Å². The van der Waals surface area contributed by atoms with E-state index in [1.165, 1.54) is 7.11 Å². The van der Waals surface area contributed by atoms with Gasteiger partial charge in [0, 0.05) is 34.9 Å². The molecule has 1 aromatic carbocycles. The highest BCUT2D eigenvalue weighted by Crippen LogP contribution is 2.21. The van der Waals surface area contributed by atoms with Crippen LogP contribution in [0.4, 0.5) is 11.4 Å².